The minimum absolute atomic E-state index is 0.352. The van der Waals surface area contributed by atoms with Crippen LogP contribution in [0, 0.1) is 19.8 Å². The van der Waals surface area contributed by atoms with Crippen LogP contribution >= 0.6 is 0 Å². The molecule has 21 heavy (non-hydrogen) atoms. The van der Waals surface area contributed by atoms with Crippen molar-refractivity contribution < 1.29 is 14.4 Å². The lowest BCUT2D eigenvalue weighted by molar-refractivity contribution is 0.0756. The minimum atomic E-state index is -1.22. The van der Waals surface area contributed by atoms with E-state index in [1.807, 2.05) is 26.0 Å². The first-order chi connectivity index (χ1) is 10.0. The van der Waals surface area contributed by atoms with Crippen LogP contribution in [0.2, 0.25) is 0 Å². The van der Waals surface area contributed by atoms with Crippen LogP contribution in [0.1, 0.15) is 42.2 Å². The molecular weight excluding hydrogens is 264 g/mol. The van der Waals surface area contributed by atoms with E-state index in [0.717, 1.165) is 11.1 Å². The standard InChI is InChI=1S/C18H14O3/c1-10-7-8-12(11(2)9-10)16(19)15-17(20)13-5-3-4-6-14(13)18(15)21/h3-9,15H,1-2H3. The number of rotatable bonds is 2. The van der Waals surface area contributed by atoms with E-state index >= 15 is 0 Å². The van der Waals surface area contributed by atoms with Crippen LogP contribution in [0.25, 0.3) is 0 Å². The second-order valence-electron chi connectivity index (χ2n) is 5.39. The van der Waals surface area contributed by atoms with E-state index in [0.29, 0.717) is 16.7 Å². The molecule has 0 unspecified atom stereocenters. The van der Waals surface area contributed by atoms with Gasteiger partial charge in [-0.05, 0) is 19.4 Å². The summed E-state index contributed by atoms with van der Waals surface area (Å²) in [6.07, 6.45) is 0. The second kappa shape index (κ2) is 4.77. The molecule has 1 aliphatic rings. The Bertz CT molecular complexity index is 752. The van der Waals surface area contributed by atoms with Crippen LogP contribution in [-0.2, 0) is 0 Å². The van der Waals surface area contributed by atoms with Crippen molar-refractivity contribution >= 4 is 17.3 Å². The van der Waals surface area contributed by atoms with Gasteiger partial charge >= 0.3 is 0 Å². The van der Waals surface area contributed by atoms with Gasteiger partial charge in [-0.2, -0.15) is 0 Å². The summed E-state index contributed by atoms with van der Waals surface area (Å²) in [6.45, 7) is 3.75. The molecule has 2 aromatic carbocycles. The van der Waals surface area contributed by atoms with E-state index in [4.69, 9.17) is 0 Å². The van der Waals surface area contributed by atoms with Gasteiger partial charge in [0.05, 0.1) is 0 Å². The molecule has 3 rings (SSSR count). The van der Waals surface area contributed by atoms with Crippen molar-refractivity contribution in [2.24, 2.45) is 5.92 Å². The smallest absolute Gasteiger partial charge is 0.182 e. The summed E-state index contributed by atoms with van der Waals surface area (Å²) in [4.78, 5) is 37.3. The van der Waals surface area contributed by atoms with E-state index in [2.05, 4.69) is 0 Å². The van der Waals surface area contributed by atoms with Gasteiger partial charge in [-0.3, -0.25) is 14.4 Å². The molecule has 0 atom stereocenters. The molecule has 3 nitrogen and oxygen atoms in total. The second-order valence-corrected chi connectivity index (χ2v) is 5.39. The third-order valence-corrected chi connectivity index (χ3v) is 3.89. The first kappa shape index (κ1) is 13.4. The predicted octanol–water partition coefficient (Wildman–Crippen LogP) is 3.18. The third kappa shape index (κ3) is 2.02. The van der Waals surface area contributed by atoms with Crippen molar-refractivity contribution in [3.8, 4) is 0 Å². The lowest BCUT2D eigenvalue weighted by Gasteiger charge is -2.09. The molecule has 0 amide bonds. The monoisotopic (exact) mass is 278 g/mol. The fraction of sp³-hybridized carbons (Fsp3) is 0.167. The van der Waals surface area contributed by atoms with Gasteiger partial charge in [0, 0.05) is 16.7 Å². The van der Waals surface area contributed by atoms with E-state index in [-0.39, 0.29) is 11.6 Å². The van der Waals surface area contributed by atoms with Crippen molar-refractivity contribution in [1.82, 2.24) is 0 Å². The van der Waals surface area contributed by atoms with Crippen LogP contribution in [0.15, 0.2) is 42.5 Å². The summed E-state index contributed by atoms with van der Waals surface area (Å²) in [5.41, 5.74) is 2.98. The molecule has 0 saturated carbocycles. The summed E-state index contributed by atoms with van der Waals surface area (Å²) in [7, 11) is 0. The van der Waals surface area contributed by atoms with Crippen LogP contribution in [0.5, 0.6) is 0 Å². The quantitative estimate of drug-likeness (QED) is 0.626. The molecule has 0 fully saturated rings. The number of hydrogen-bond acceptors (Lipinski definition) is 3. The maximum Gasteiger partial charge on any atom is 0.182 e. The first-order valence-corrected chi connectivity index (χ1v) is 6.79. The van der Waals surface area contributed by atoms with Crippen LogP contribution in [0.4, 0.5) is 0 Å². The number of carbonyl (C=O) groups excluding carboxylic acids is 3. The van der Waals surface area contributed by atoms with Gasteiger partial charge in [0.2, 0.25) is 0 Å². The maximum atomic E-state index is 12.6. The molecule has 0 saturated heterocycles. The van der Waals surface area contributed by atoms with Gasteiger partial charge in [-0.25, -0.2) is 0 Å². The van der Waals surface area contributed by atoms with E-state index < -0.39 is 11.7 Å². The average molecular weight is 278 g/mol. The highest BCUT2D eigenvalue weighted by Crippen LogP contribution is 2.30. The summed E-state index contributed by atoms with van der Waals surface area (Å²) < 4.78 is 0. The Hall–Kier alpha value is -2.55. The molecule has 0 aromatic heterocycles. The number of hydrogen-bond donors (Lipinski definition) is 0. The Balaban J connectivity index is 2.04. The van der Waals surface area contributed by atoms with Crippen molar-refractivity contribution in [3.63, 3.8) is 0 Å². The molecule has 104 valence electrons. The van der Waals surface area contributed by atoms with Crippen LogP contribution in [-0.4, -0.2) is 17.3 Å². The molecule has 0 aliphatic heterocycles. The normalized spacial score (nSPS) is 14.4. The van der Waals surface area contributed by atoms with E-state index in [1.165, 1.54) is 0 Å². The Morgan fingerprint density at radius 1 is 0.905 bits per heavy atom. The number of carbonyl (C=O) groups is 3. The molecule has 0 N–H and O–H groups in total. The average Bonchev–Trinajstić information content (AvgIpc) is 2.71. The van der Waals surface area contributed by atoms with E-state index in [9.17, 15) is 14.4 Å². The molecule has 0 heterocycles. The Labute approximate surface area is 122 Å². The largest absolute Gasteiger partial charge is 0.293 e. The van der Waals surface area contributed by atoms with Crippen molar-refractivity contribution in [3.05, 3.63) is 70.3 Å². The Morgan fingerprint density at radius 3 is 2.00 bits per heavy atom. The Kier molecular flexibility index (Phi) is 3.05. The van der Waals surface area contributed by atoms with Gasteiger partial charge in [0.15, 0.2) is 17.3 Å². The zero-order valence-electron chi connectivity index (χ0n) is 11.8. The van der Waals surface area contributed by atoms with Gasteiger partial charge in [-0.1, -0.05) is 48.0 Å². The number of ketones is 3. The zero-order chi connectivity index (χ0) is 15.1. The summed E-state index contributed by atoms with van der Waals surface area (Å²) in [5.74, 6) is -2.40. The van der Waals surface area contributed by atoms with Crippen molar-refractivity contribution in [2.75, 3.05) is 0 Å². The Morgan fingerprint density at radius 2 is 1.48 bits per heavy atom. The molecule has 3 heteroatoms. The topological polar surface area (TPSA) is 51.2 Å². The SMILES string of the molecule is Cc1ccc(C(=O)C2C(=O)c3ccccc3C2=O)c(C)c1. The fourth-order valence-electron chi connectivity index (χ4n) is 2.83. The molecule has 2 aromatic rings. The predicted molar refractivity (Wildman–Crippen MR) is 78.8 cm³/mol. The highest BCUT2D eigenvalue weighted by molar-refractivity contribution is 6.38. The lowest BCUT2D eigenvalue weighted by Crippen LogP contribution is -2.26. The van der Waals surface area contributed by atoms with Crippen molar-refractivity contribution in [1.29, 1.82) is 0 Å². The van der Waals surface area contributed by atoms with Crippen LogP contribution < -0.4 is 0 Å². The highest BCUT2D eigenvalue weighted by Gasteiger charge is 2.43. The molecule has 0 spiro atoms. The highest BCUT2D eigenvalue weighted by atomic mass is 16.2. The fourth-order valence-corrected chi connectivity index (χ4v) is 2.83. The van der Waals surface area contributed by atoms with E-state index in [1.54, 1.807) is 30.3 Å². The molecular formula is C18H14O3. The van der Waals surface area contributed by atoms with Gasteiger partial charge in [0.25, 0.3) is 0 Å². The third-order valence-electron chi connectivity index (χ3n) is 3.89. The van der Waals surface area contributed by atoms with Crippen molar-refractivity contribution in [2.45, 2.75) is 13.8 Å². The summed E-state index contributed by atoms with van der Waals surface area (Å²) in [6, 6.07) is 12.0. The number of aryl methyl sites for hydroxylation is 2. The van der Waals surface area contributed by atoms with Gasteiger partial charge < -0.3 is 0 Å². The molecule has 1 aliphatic carbocycles. The summed E-state index contributed by atoms with van der Waals surface area (Å²) >= 11 is 0. The number of fused-ring (bicyclic) bond motifs is 1. The van der Waals surface area contributed by atoms with Gasteiger partial charge in [-0.15, -0.1) is 0 Å². The first-order valence-electron chi connectivity index (χ1n) is 6.79. The maximum absolute atomic E-state index is 12.6. The minimum Gasteiger partial charge on any atom is -0.293 e. The number of Topliss-reactive ketones (excluding diaryl/α,β-unsaturated/α-hetero) is 3. The van der Waals surface area contributed by atoms with Gasteiger partial charge in [0.1, 0.15) is 5.92 Å². The molecule has 0 bridgehead atoms. The molecule has 0 radical (unpaired) electrons. The van der Waals surface area contributed by atoms with Crippen LogP contribution in [0.3, 0.4) is 0 Å². The zero-order valence-corrected chi connectivity index (χ0v) is 11.8. The summed E-state index contributed by atoms with van der Waals surface area (Å²) in [5, 5.41) is 0. The lowest BCUT2D eigenvalue weighted by atomic mass is 9.90. The number of benzene rings is 2.